The molecule has 0 bridgehead atoms. The van der Waals surface area contributed by atoms with E-state index in [1.807, 2.05) is 10.3 Å². The van der Waals surface area contributed by atoms with Gasteiger partial charge < -0.3 is 14.5 Å². The van der Waals surface area contributed by atoms with E-state index in [0.717, 1.165) is 24.6 Å². The molecule has 3 heterocycles. The number of benzene rings is 1. The summed E-state index contributed by atoms with van der Waals surface area (Å²) in [6.07, 6.45) is 2.66. The molecule has 2 aromatic rings. The molecular formula is C19H24N4O4S2. The van der Waals surface area contributed by atoms with Gasteiger partial charge in [0.05, 0.1) is 18.1 Å². The largest absolute Gasteiger partial charge is 0.379 e. The summed E-state index contributed by atoms with van der Waals surface area (Å²) in [5, 5.41) is 2.94. The second kappa shape index (κ2) is 8.78. The highest BCUT2D eigenvalue weighted by Crippen LogP contribution is 2.21. The fourth-order valence-corrected chi connectivity index (χ4v) is 5.68. The van der Waals surface area contributed by atoms with Crippen LogP contribution in [-0.2, 0) is 14.8 Å². The van der Waals surface area contributed by atoms with Gasteiger partial charge >= 0.3 is 0 Å². The maximum absolute atomic E-state index is 12.9. The van der Waals surface area contributed by atoms with Crippen LogP contribution in [0.4, 0.5) is 5.13 Å². The summed E-state index contributed by atoms with van der Waals surface area (Å²) in [6.45, 7) is 4.42. The zero-order chi connectivity index (χ0) is 20.3. The zero-order valence-corrected chi connectivity index (χ0v) is 17.7. The minimum absolute atomic E-state index is 0.0682. The summed E-state index contributed by atoms with van der Waals surface area (Å²) in [5.74, 6) is -0.0682. The highest BCUT2D eigenvalue weighted by Gasteiger charge is 2.27. The van der Waals surface area contributed by atoms with Crippen LogP contribution in [0.15, 0.2) is 40.7 Å². The number of carbonyl (C=O) groups is 1. The molecule has 2 saturated heterocycles. The van der Waals surface area contributed by atoms with Crippen LogP contribution in [0.2, 0.25) is 0 Å². The van der Waals surface area contributed by atoms with Gasteiger partial charge in [-0.15, -0.1) is 11.3 Å². The van der Waals surface area contributed by atoms with Crippen molar-refractivity contribution < 1.29 is 17.9 Å². The normalized spacial score (nSPS) is 19.2. The van der Waals surface area contributed by atoms with Gasteiger partial charge in [0.25, 0.3) is 5.91 Å². The Morgan fingerprint density at radius 2 is 1.76 bits per heavy atom. The monoisotopic (exact) mass is 436 g/mol. The minimum atomic E-state index is -3.55. The summed E-state index contributed by atoms with van der Waals surface area (Å²) in [7, 11) is -3.55. The van der Waals surface area contributed by atoms with Crippen LogP contribution in [0.1, 0.15) is 16.8 Å². The van der Waals surface area contributed by atoms with Crippen molar-refractivity contribution in [2.45, 2.75) is 11.3 Å². The van der Waals surface area contributed by atoms with Crippen molar-refractivity contribution in [2.24, 2.45) is 0 Å². The van der Waals surface area contributed by atoms with Crippen LogP contribution in [0.3, 0.4) is 0 Å². The number of rotatable bonds is 4. The van der Waals surface area contributed by atoms with Gasteiger partial charge in [0.1, 0.15) is 0 Å². The molecule has 0 saturated carbocycles. The fraction of sp³-hybridized carbons (Fsp3) is 0.474. The molecule has 8 nitrogen and oxygen atoms in total. The average Bonchev–Trinajstić information content (AvgIpc) is 3.19. The molecule has 4 rings (SSSR count). The van der Waals surface area contributed by atoms with E-state index in [4.69, 9.17) is 4.74 Å². The van der Waals surface area contributed by atoms with Crippen molar-refractivity contribution in [2.75, 3.05) is 57.4 Å². The fourth-order valence-electron chi connectivity index (χ4n) is 3.57. The van der Waals surface area contributed by atoms with Gasteiger partial charge in [0, 0.05) is 56.4 Å². The topological polar surface area (TPSA) is 83.0 Å². The minimum Gasteiger partial charge on any atom is -0.379 e. The Hall–Kier alpha value is -2.01. The van der Waals surface area contributed by atoms with Gasteiger partial charge in [-0.25, -0.2) is 13.4 Å². The van der Waals surface area contributed by atoms with Crippen molar-refractivity contribution in [1.29, 1.82) is 0 Å². The molecule has 2 fully saturated rings. The Labute approximate surface area is 174 Å². The molecule has 1 aromatic carbocycles. The second-order valence-corrected chi connectivity index (χ2v) is 9.80. The highest BCUT2D eigenvalue weighted by atomic mass is 32.2. The van der Waals surface area contributed by atoms with E-state index in [0.29, 0.717) is 45.0 Å². The highest BCUT2D eigenvalue weighted by molar-refractivity contribution is 7.89. The molecule has 2 aliphatic rings. The van der Waals surface area contributed by atoms with Crippen LogP contribution in [0.5, 0.6) is 0 Å². The molecular weight excluding hydrogens is 412 g/mol. The van der Waals surface area contributed by atoms with Crippen LogP contribution in [0, 0.1) is 0 Å². The molecule has 1 amide bonds. The SMILES string of the molecule is O=C(c1ccc(S(=O)(=O)N2CCOCC2)cc1)N1CCCN(c2nccs2)CC1. The summed E-state index contributed by atoms with van der Waals surface area (Å²) in [5.41, 5.74) is 0.508. The van der Waals surface area contributed by atoms with Crippen LogP contribution < -0.4 is 4.90 Å². The molecule has 2 aliphatic heterocycles. The third kappa shape index (κ3) is 4.45. The summed E-state index contributed by atoms with van der Waals surface area (Å²) >= 11 is 1.60. The van der Waals surface area contributed by atoms with Crippen molar-refractivity contribution in [3.63, 3.8) is 0 Å². The van der Waals surface area contributed by atoms with Crippen molar-refractivity contribution in [3.8, 4) is 0 Å². The first kappa shape index (κ1) is 20.3. The Kier molecular flexibility index (Phi) is 6.14. The smallest absolute Gasteiger partial charge is 0.253 e. The zero-order valence-electron chi connectivity index (χ0n) is 16.1. The lowest BCUT2D eigenvalue weighted by atomic mass is 10.2. The lowest BCUT2D eigenvalue weighted by Crippen LogP contribution is -2.40. The molecule has 29 heavy (non-hydrogen) atoms. The Bertz CT molecular complexity index is 926. The maximum Gasteiger partial charge on any atom is 0.253 e. The predicted octanol–water partition coefficient (Wildman–Crippen LogP) is 1.52. The van der Waals surface area contributed by atoms with Gasteiger partial charge in [0.15, 0.2) is 5.13 Å². The average molecular weight is 437 g/mol. The van der Waals surface area contributed by atoms with E-state index in [9.17, 15) is 13.2 Å². The quantitative estimate of drug-likeness (QED) is 0.723. The molecule has 156 valence electrons. The number of sulfonamides is 1. The van der Waals surface area contributed by atoms with E-state index in [1.165, 1.54) is 16.4 Å². The van der Waals surface area contributed by atoms with Crippen LogP contribution >= 0.6 is 11.3 Å². The maximum atomic E-state index is 12.9. The van der Waals surface area contributed by atoms with Crippen LogP contribution in [0.25, 0.3) is 0 Å². The number of carbonyl (C=O) groups excluding carboxylic acids is 1. The summed E-state index contributed by atoms with van der Waals surface area (Å²) in [6, 6.07) is 6.27. The van der Waals surface area contributed by atoms with Gasteiger partial charge in [-0.05, 0) is 30.7 Å². The summed E-state index contributed by atoms with van der Waals surface area (Å²) in [4.78, 5) is 21.5. The van der Waals surface area contributed by atoms with Crippen molar-refractivity contribution >= 4 is 32.4 Å². The Morgan fingerprint density at radius 3 is 2.45 bits per heavy atom. The third-order valence-electron chi connectivity index (χ3n) is 5.18. The van der Waals surface area contributed by atoms with Gasteiger partial charge in [-0.3, -0.25) is 4.79 Å². The van der Waals surface area contributed by atoms with E-state index in [1.54, 1.807) is 29.7 Å². The number of morpholine rings is 1. The van der Waals surface area contributed by atoms with Crippen molar-refractivity contribution in [3.05, 3.63) is 41.4 Å². The number of ether oxygens (including phenoxy) is 1. The van der Waals surface area contributed by atoms with Crippen LogP contribution in [-0.4, -0.2) is 81.0 Å². The number of thiazole rings is 1. The first-order chi connectivity index (χ1) is 14.1. The number of hydrogen-bond donors (Lipinski definition) is 0. The second-order valence-electron chi connectivity index (χ2n) is 6.99. The standard InChI is InChI=1S/C19H24N4O4S2/c24-18(21-7-1-8-22(10-9-21)19-20-6-15-28-19)16-2-4-17(5-3-16)29(25,26)23-11-13-27-14-12-23/h2-6,15H,1,7-14H2. The number of hydrogen-bond acceptors (Lipinski definition) is 7. The van der Waals surface area contributed by atoms with Gasteiger partial charge in [0.2, 0.25) is 10.0 Å². The van der Waals surface area contributed by atoms with E-state index in [2.05, 4.69) is 9.88 Å². The molecule has 0 atom stereocenters. The number of aromatic nitrogens is 1. The molecule has 0 N–H and O–H groups in total. The predicted molar refractivity (Wildman–Crippen MR) is 111 cm³/mol. The van der Waals surface area contributed by atoms with Gasteiger partial charge in [-0.2, -0.15) is 4.31 Å². The number of anilines is 1. The van der Waals surface area contributed by atoms with E-state index < -0.39 is 10.0 Å². The molecule has 1 aromatic heterocycles. The lowest BCUT2D eigenvalue weighted by Gasteiger charge is -2.26. The molecule has 0 unspecified atom stereocenters. The number of amides is 1. The van der Waals surface area contributed by atoms with Gasteiger partial charge in [-0.1, -0.05) is 0 Å². The molecule has 10 heteroatoms. The Balaban J connectivity index is 1.42. The van der Waals surface area contributed by atoms with E-state index in [-0.39, 0.29) is 10.8 Å². The third-order valence-corrected chi connectivity index (χ3v) is 7.93. The number of nitrogens with zero attached hydrogens (tertiary/aromatic N) is 4. The molecule has 0 radical (unpaired) electrons. The Morgan fingerprint density at radius 1 is 1.00 bits per heavy atom. The lowest BCUT2D eigenvalue weighted by molar-refractivity contribution is 0.0730. The van der Waals surface area contributed by atoms with E-state index >= 15 is 0 Å². The molecule has 0 aliphatic carbocycles. The molecule has 0 spiro atoms. The first-order valence-corrected chi connectivity index (χ1v) is 12.0. The summed E-state index contributed by atoms with van der Waals surface area (Å²) < 4.78 is 32.1. The van der Waals surface area contributed by atoms with Crippen molar-refractivity contribution in [1.82, 2.24) is 14.2 Å². The first-order valence-electron chi connectivity index (χ1n) is 9.67.